The third kappa shape index (κ3) is 4.65. The summed E-state index contributed by atoms with van der Waals surface area (Å²) in [6.07, 6.45) is 0. The van der Waals surface area contributed by atoms with Crippen molar-refractivity contribution in [2.24, 2.45) is 0 Å². The highest BCUT2D eigenvalue weighted by molar-refractivity contribution is 6.02. The van der Waals surface area contributed by atoms with Gasteiger partial charge in [-0.25, -0.2) is 0 Å². The molecule has 2 aliphatic heterocycles. The highest BCUT2D eigenvalue weighted by Gasteiger charge is 2.40. The van der Waals surface area contributed by atoms with E-state index in [2.05, 4.69) is 53.1 Å². The highest BCUT2D eigenvalue weighted by Crippen LogP contribution is 2.32. The summed E-state index contributed by atoms with van der Waals surface area (Å²) >= 11 is 0. The van der Waals surface area contributed by atoms with Crippen molar-refractivity contribution in [2.45, 2.75) is 25.9 Å². The Labute approximate surface area is 179 Å². The maximum Gasteiger partial charge on any atom is 0.182 e. The molecular weight excluding hydrogens is 376 g/mol. The number of morpholine rings is 2. The molecule has 0 bridgehead atoms. The monoisotopic (exact) mass is 408 g/mol. The van der Waals surface area contributed by atoms with E-state index in [1.54, 1.807) is 0 Å². The number of nitrogens with zero attached hydrogens (tertiary/aromatic N) is 2. The lowest BCUT2D eigenvalue weighted by Crippen LogP contribution is -2.55. The Kier molecular flexibility index (Phi) is 6.95. The topological polar surface area (TPSA) is 42.0 Å². The van der Waals surface area contributed by atoms with Crippen LogP contribution >= 0.6 is 0 Å². The van der Waals surface area contributed by atoms with Gasteiger partial charge in [0.05, 0.1) is 38.5 Å². The zero-order valence-electron chi connectivity index (χ0n) is 18.0. The molecule has 0 amide bonds. The Balaban J connectivity index is 1.79. The van der Waals surface area contributed by atoms with Crippen molar-refractivity contribution in [3.8, 4) is 0 Å². The molecule has 2 fully saturated rings. The number of rotatable bonds is 6. The maximum absolute atomic E-state index is 14.1. The van der Waals surface area contributed by atoms with E-state index in [0.29, 0.717) is 26.4 Å². The van der Waals surface area contributed by atoms with Crippen molar-refractivity contribution in [1.82, 2.24) is 9.80 Å². The van der Waals surface area contributed by atoms with Crippen LogP contribution in [-0.2, 0) is 9.47 Å². The average molecular weight is 409 g/mol. The second kappa shape index (κ2) is 9.84. The molecule has 2 atom stereocenters. The first-order valence-electron chi connectivity index (χ1n) is 10.9. The number of aryl methyl sites for hydroxylation is 2. The molecule has 2 saturated heterocycles. The van der Waals surface area contributed by atoms with E-state index < -0.39 is 0 Å². The number of benzene rings is 2. The largest absolute Gasteiger partial charge is 0.379 e. The Morgan fingerprint density at radius 3 is 2.07 bits per heavy atom. The molecule has 2 aromatic carbocycles. The van der Waals surface area contributed by atoms with E-state index >= 15 is 0 Å². The molecule has 0 N–H and O–H groups in total. The van der Waals surface area contributed by atoms with Crippen LogP contribution in [0.2, 0.25) is 0 Å². The van der Waals surface area contributed by atoms with Gasteiger partial charge in [-0.2, -0.15) is 0 Å². The van der Waals surface area contributed by atoms with Gasteiger partial charge in [-0.1, -0.05) is 48.0 Å². The minimum atomic E-state index is -0.255. The van der Waals surface area contributed by atoms with Crippen LogP contribution in [0.15, 0.2) is 48.5 Å². The number of hydrogen-bond donors (Lipinski definition) is 0. The van der Waals surface area contributed by atoms with Gasteiger partial charge in [0.25, 0.3) is 0 Å². The van der Waals surface area contributed by atoms with Gasteiger partial charge in [-0.3, -0.25) is 14.6 Å². The van der Waals surface area contributed by atoms with Gasteiger partial charge < -0.3 is 9.47 Å². The lowest BCUT2D eigenvalue weighted by Gasteiger charge is -2.44. The van der Waals surface area contributed by atoms with Gasteiger partial charge >= 0.3 is 0 Å². The average Bonchev–Trinajstić information content (AvgIpc) is 2.80. The molecular formula is C25H32N2O3. The second-order valence-corrected chi connectivity index (χ2v) is 8.28. The molecule has 0 unspecified atom stereocenters. The first-order chi connectivity index (χ1) is 14.6. The van der Waals surface area contributed by atoms with Gasteiger partial charge in [0.2, 0.25) is 0 Å². The molecule has 2 heterocycles. The van der Waals surface area contributed by atoms with Crippen LogP contribution in [0, 0.1) is 13.8 Å². The van der Waals surface area contributed by atoms with Crippen molar-refractivity contribution in [2.75, 3.05) is 52.6 Å². The van der Waals surface area contributed by atoms with Crippen LogP contribution in [0.5, 0.6) is 0 Å². The Hall–Kier alpha value is -2.05. The van der Waals surface area contributed by atoms with E-state index in [4.69, 9.17) is 9.47 Å². The van der Waals surface area contributed by atoms with Gasteiger partial charge in [-0.15, -0.1) is 0 Å². The first kappa shape index (κ1) is 21.2. The minimum absolute atomic E-state index is 0.0133. The number of Topliss-reactive ketones (excluding diaryl/α,β-unsaturated/α-hetero) is 1. The number of carbonyl (C=O) groups excluding carboxylic acids is 1. The highest BCUT2D eigenvalue weighted by atomic mass is 16.5. The van der Waals surface area contributed by atoms with Gasteiger partial charge in [-0.05, 0) is 31.0 Å². The fourth-order valence-corrected chi connectivity index (χ4v) is 4.62. The molecule has 2 aliphatic rings. The lowest BCUT2D eigenvalue weighted by atomic mass is 9.87. The van der Waals surface area contributed by atoms with Crippen LogP contribution in [-0.4, -0.2) is 74.2 Å². The summed E-state index contributed by atoms with van der Waals surface area (Å²) < 4.78 is 11.3. The summed E-state index contributed by atoms with van der Waals surface area (Å²) in [5.74, 6) is 0.207. The molecule has 5 heteroatoms. The van der Waals surface area contributed by atoms with E-state index in [1.165, 1.54) is 5.56 Å². The maximum atomic E-state index is 14.1. The SMILES string of the molecule is Cc1ccc(C)c(C(=O)[C@H]([C@@H](c2ccccc2)N2CCOCC2)N2CCOCC2)c1. The number of carbonyl (C=O) groups is 1. The van der Waals surface area contributed by atoms with Gasteiger partial charge in [0.15, 0.2) is 5.78 Å². The quantitative estimate of drug-likeness (QED) is 0.687. The van der Waals surface area contributed by atoms with Crippen molar-refractivity contribution >= 4 is 5.78 Å². The predicted octanol–water partition coefficient (Wildman–Crippen LogP) is 3.26. The van der Waals surface area contributed by atoms with Crippen molar-refractivity contribution in [1.29, 1.82) is 0 Å². The number of ether oxygens (including phenoxy) is 2. The van der Waals surface area contributed by atoms with Crippen LogP contribution in [0.25, 0.3) is 0 Å². The molecule has 30 heavy (non-hydrogen) atoms. The Bertz CT molecular complexity index is 843. The molecule has 0 saturated carbocycles. The van der Waals surface area contributed by atoms with Crippen molar-refractivity contribution in [3.63, 3.8) is 0 Å². The summed E-state index contributed by atoms with van der Waals surface area (Å²) in [5.41, 5.74) is 4.18. The molecule has 0 spiro atoms. The second-order valence-electron chi connectivity index (χ2n) is 8.28. The Morgan fingerprint density at radius 2 is 1.43 bits per heavy atom. The molecule has 0 aliphatic carbocycles. The van der Waals surface area contributed by atoms with Gasteiger partial charge in [0.1, 0.15) is 0 Å². The summed E-state index contributed by atoms with van der Waals surface area (Å²) in [5, 5.41) is 0. The number of hydrogen-bond acceptors (Lipinski definition) is 5. The third-order valence-corrected chi connectivity index (χ3v) is 6.25. The summed E-state index contributed by atoms with van der Waals surface area (Å²) in [7, 11) is 0. The molecule has 2 aromatic rings. The number of ketones is 1. The van der Waals surface area contributed by atoms with Crippen LogP contribution in [0.3, 0.4) is 0 Å². The molecule has 0 radical (unpaired) electrons. The zero-order chi connectivity index (χ0) is 20.9. The van der Waals surface area contributed by atoms with Crippen molar-refractivity contribution in [3.05, 3.63) is 70.8 Å². The lowest BCUT2D eigenvalue weighted by molar-refractivity contribution is -0.0301. The van der Waals surface area contributed by atoms with Crippen LogP contribution in [0.1, 0.15) is 33.1 Å². The van der Waals surface area contributed by atoms with E-state index in [-0.39, 0.29) is 17.9 Å². The third-order valence-electron chi connectivity index (χ3n) is 6.25. The standard InChI is InChI=1S/C25H32N2O3/c1-19-8-9-20(2)22(18-19)25(28)24(27-12-16-30-17-13-27)23(21-6-4-3-5-7-21)26-10-14-29-15-11-26/h3-9,18,23-24H,10-17H2,1-2H3/t23-,24+/m1/s1. The molecule has 5 nitrogen and oxygen atoms in total. The zero-order valence-corrected chi connectivity index (χ0v) is 18.0. The molecule has 4 rings (SSSR count). The first-order valence-corrected chi connectivity index (χ1v) is 10.9. The minimum Gasteiger partial charge on any atom is -0.379 e. The van der Waals surface area contributed by atoms with E-state index in [1.807, 2.05) is 19.1 Å². The van der Waals surface area contributed by atoms with Crippen LogP contribution < -0.4 is 0 Å². The van der Waals surface area contributed by atoms with E-state index in [0.717, 1.165) is 42.9 Å². The van der Waals surface area contributed by atoms with Crippen LogP contribution in [0.4, 0.5) is 0 Å². The molecule has 160 valence electrons. The Morgan fingerprint density at radius 1 is 0.833 bits per heavy atom. The van der Waals surface area contributed by atoms with Crippen molar-refractivity contribution < 1.29 is 14.3 Å². The molecule has 0 aromatic heterocycles. The predicted molar refractivity (Wildman–Crippen MR) is 118 cm³/mol. The fraction of sp³-hybridized carbons (Fsp3) is 0.480. The smallest absolute Gasteiger partial charge is 0.182 e. The van der Waals surface area contributed by atoms with E-state index in [9.17, 15) is 4.79 Å². The summed E-state index contributed by atoms with van der Waals surface area (Å²) in [6, 6.07) is 16.4. The fourth-order valence-electron chi connectivity index (χ4n) is 4.62. The van der Waals surface area contributed by atoms with Gasteiger partial charge in [0, 0.05) is 31.7 Å². The summed E-state index contributed by atoms with van der Waals surface area (Å²) in [6.45, 7) is 10.0. The summed E-state index contributed by atoms with van der Waals surface area (Å²) in [4.78, 5) is 18.9. The normalized spacial score (nSPS) is 20.6.